The minimum Gasteiger partial charge on any atom is -0.487 e. The third-order valence-electron chi connectivity index (χ3n) is 0.343. The number of aliphatic hydroxyl groups excluding tert-OH is 1. The fourth-order valence-electron chi connectivity index (χ4n) is 0.0967. The standard InChI is InChI=1S/C3H4N2OS.CH3NOS/c1-6-3(7)5-2-4;2-1(3)4/h1H3,(H,5,7);(H3,2,3,4). The maximum atomic E-state index is 7.84. The number of methoxy groups -OCH3 is 1. The Balaban J connectivity index is 0. The van der Waals surface area contributed by atoms with Crippen molar-refractivity contribution in [2.75, 3.05) is 7.11 Å². The summed E-state index contributed by atoms with van der Waals surface area (Å²) in [6.07, 6.45) is 1.60. The van der Waals surface area contributed by atoms with E-state index in [2.05, 4.69) is 40.2 Å². The second-order valence-electron chi connectivity index (χ2n) is 1.07. The Morgan fingerprint density at radius 1 is 1.73 bits per heavy atom. The van der Waals surface area contributed by atoms with Gasteiger partial charge in [0.25, 0.3) is 10.3 Å². The highest BCUT2D eigenvalue weighted by Gasteiger charge is 1.83. The molecule has 62 valence electrons. The number of hydrogen-bond acceptors (Lipinski definition) is 4. The first-order valence-corrected chi connectivity index (χ1v) is 3.07. The number of nitrogens with zero attached hydrogens (tertiary/aromatic N) is 1. The van der Waals surface area contributed by atoms with Crippen molar-refractivity contribution < 1.29 is 9.84 Å². The molecule has 0 atom stereocenters. The van der Waals surface area contributed by atoms with Crippen LogP contribution in [0.15, 0.2) is 0 Å². The molecule has 0 saturated carbocycles. The van der Waals surface area contributed by atoms with E-state index in [-0.39, 0.29) is 5.17 Å². The summed E-state index contributed by atoms with van der Waals surface area (Å²) in [5, 5.41) is 17.1. The van der Waals surface area contributed by atoms with Gasteiger partial charge in [0, 0.05) is 0 Å². The largest absolute Gasteiger partial charge is 0.487 e. The van der Waals surface area contributed by atoms with Gasteiger partial charge in [0.15, 0.2) is 6.19 Å². The molecule has 0 aromatic heterocycles. The molecule has 11 heavy (non-hydrogen) atoms. The summed E-state index contributed by atoms with van der Waals surface area (Å²) < 4.78 is 4.39. The van der Waals surface area contributed by atoms with Crippen molar-refractivity contribution >= 4 is 34.8 Å². The van der Waals surface area contributed by atoms with Crippen molar-refractivity contribution in [3.63, 3.8) is 0 Å². The molecule has 0 aromatic carbocycles. The zero-order chi connectivity index (χ0) is 9.28. The zero-order valence-corrected chi connectivity index (χ0v) is 7.33. The zero-order valence-electron chi connectivity index (χ0n) is 5.70. The van der Waals surface area contributed by atoms with Gasteiger partial charge in [-0.05, 0) is 24.4 Å². The highest BCUT2D eigenvalue weighted by molar-refractivity contribution is 7.80. The molecule has 0 aliphatic carbocycles. The third kappa shape index (κ3) is 28.0. The van der Waals surface area contributed by atoms with Gasteiger partial charge in [-0.3, -0.25) is 5.32 Å². The summed E-state index contributed by atoms with van der Waals surface area (Å²) >= 11 is 8.27. The van der Waals surface area contributed by atoms with Gasteiger partial charge in [-0.15, -0.1) is 0 Å². The highest BCUT2D eigenvalue weighted by atomic mass is 32.1. The van der Waals surface area contributed by atoms with Crippen LogP contribution in [0.5, 0.6) is 0 Å². The Bertz CT molecular complexity index is 173. The maximum Gasteiger partial charge on any atom is 0.269 e. The highest BCUT2D eigenvalue weighted by Crippen LogP contribution is 1.66. The van der Waals surface area contributed by atoms with E-state index in [0.717, 1.165) is 0 Å². The Hall–Kier alpha value is -1.13. The van der Waals surface area contributed by atoms with E-state index in [4.69, 9.17) is 10.4 Å². The average Bonchev–Trinajstić information content (AvgIpc) is 1.87. The van der Waals surface area contributed by atoms with E-state index < -0.39 is 5.17 Å². The van der Waals surface area contributed by atoms with E-state index in [9.17, 15) is 0 Å². The minimum absolute atomic E-state index is 0.0995. The average molecular weight is 193 g/mol. The number of hydrogen-bond donors (Lipinski definition) is 3. The molecule has 4 N–H and O–H groups in total. The fraction of sp³-hybridized carbons (Fsp3) is 0.250. The van der Waals surface area contributed by atoms with Crippen LogP contribution < -0.4 is 11.1 Å². The molecule has 0 aromatic rings. The lowest BCUT2D eigenvalue weighted by atomic mass is 11.1. The Morgan fingerprint density at radius 2 is 2.09 bits per heavy atom. The van der Waals surface area contributed by atoms with Gasteiger partial charge in [0.2, 0.25) is 0 Å². The van der Waals surface area contributed by atoms with Crippen molar-refractivity contribution in [1.29, 1.82) is 5.26 Å². The molecular weight excluding hydrogens is 186 g/mol. The molecule has 0 radical (unpaired) electrons. The van der Waals surface area contributed by atoms with Crippen LogP contribution >= 0.6 is 24.4 Å². The number of aliphatic hydroxyl groups is 1. The van der Waals surface area contributed by atoms with Gasteiger partial charge >= 0.3 is 0 Å². The topological polar surface area (TPSA) is 91.3 Å². The minimum atomic E-state index is -0.500. The molecule has 0 fully saturated rings. The number of nitrogens with two attached hydrogens (primary N) is 1. The van der Waals surface area contributed by atoms with Crippen LogP contribution in [-0.2, 0) is 4.74 Å². The Morgan fingerprint density at radius 3 is 2.18 bits per heavy atom. The lowest BCUT2D eigenvalue weighted by Crippen LogP contribution is -2.15. The quantitative estimate of drug-likeness (QED) is 0.278. The van der Waals surface area contributed by atoms with Crippen LogP contribution in [-0.4, -0.2) is 22.6 Å². The fourth-order valence-corrected chi connectivity index (χ4v) is 0.142. The SMILES string of the molecule is COC(=S)NC#N.NC(O)=S. The van der Waals surface area contributed by atoms with Crippen LogP contribution in [0.3, 0.4) is 0 Å². The van der Waals surface area contributed by atoms with Crippen LogP contribution in [0.25, 0.3) is 0 Å². The monoisotopic (exact) mass is 193 g/mol. The van der Waals surface area contributed by atoms with E-state index in [0.29, 0.717) is 0 Å². The molecule has 7 heteroatoms. The van der Waals surface area contributed by atoms with E-state index in [1.807, 2.05) is 0 Å². The predicted octanol–water partition coefficient (Wildman–Crippen LogP) is -0.224. The first kappa shape index (κ1) is 12.5. The van der Waals surface area contributed by atoms with Crippen molar-refractivity contribution in [3.05, 3.63) is 0 Å². The Kier molecular flexibility index (Phi) is 10.1. The van der Waals surface area contributed by atoms with Crippen LogP contribution in [0.4, 0.5) is 0 Å². The number of ether oxygens (including phenoxy) is 1. The lowest BCUT2D eigenvalue weighted by molar-refractivity contribution is 0.401. The summed E-state index contributed by atoms with van der Waals surface area (Å²) in [6.45, 7) is 0. The summed E-state index contributed by atoms with van der Waals surface area (Å²) in [7, 11) is 1.40. The summed E-state index contributed by atoms with van der Waals surface area (Å²) in [5.41, 5.74) is 4.40. The van der Waals surface area contributed by atoms with E-state index >= 15 is 0 Å². The number of nitriles is 1. The van der Waals surface area contributed by atoms with Gasteiger partial charge in [-0.25, -0.2) is 0 Å². The van der Waals surface area contributed by atoms with Gasteiger partial charge < -0.3 is 15.6 Å². The molecule has 0 bridgehead atoms. The molecule has 0 aliphatic heterocycles. The molecule has 0 saturated heterocycles. The smallest absolute Gasteiger partial charge is 0.269 e. The molecule has 0 amide bonds. The normalized spacial score (nSPS) is 6.18. The molecule has 0 heterocycles. The first-order chi connectivity index (χ1) is 5.04. The van der Waals surface area contributed by atoms with E-state index in [1.54, 1.807) is 6.19 Å². The van der Waals surface area contributed by atoms with Crippen molar-refractivity contribution in [2.45, 2.75) is 0 Å². The second kappa shape index (κ2) is 8.87. The van der Waals surface area contributed by atoms with E-state index in [1.165, 1.54) is 7.11 Å². The maximum absolute atomic E-state index is 7.84. The van der Waals surface area contributed by atoms with Gasteiger partial charge in [-0.2, -0.15) is 5.26 Å². The number of thiocarbonyl (C=S) groups is 2. The molecule has 0 rings (SSSR count). The van der Waals surface area contributed by atoms with Gasteiger partial charge in [0.1, 0.15) is 0 Å². The summed E-state index contributed by atoms with van der Waals surface area (Å²) in [4.78, 5) is 0. The second-order valence-corrected chi connectivity index (χ2v) is 1.86. The summed E-state index contributed by atoms with van der Waals surface area (Å²) in [5.74, 6) is 0. The van der Waals surface area contributed by atoms with Crippen molar-refractivity contribution in [2.24, 2.45) is 5.73 Å². The number of rotatable bonds is 0. The number of nitrogens with one attached hydrogen (secondary N) is 1. The molecular formula is C4H7N3O2S2. The van der Waals surface area contributed by atoms with Crippen molar-refractivity contribution in [3.8, 4) is 6.19 Å². The van der Waals surface area contributed by atoms with Crippen molar-refractivity contribution in [1.82, 2.24) is 5.32 Å². The summed E-state index contributed by atoms with van der Waals surface area (Å²) in [6, 6.07) is 0. The lowest BCUT2D eigenvalue weighted by Gasteiger charge is -1.92. The van der Waals surface area contributed by atoms with Crippen LogP contribution in [0, 0.1) is 11.5 Å². The predicted molar refractivity (Wildman–Crippen MR) is 47.8 cm³/mol. The molecule has 0 aliphatic rings. The van der Waals surface area contributed by atoms with Crippen LogP contribution in [0.2, 0.25) is 0 Å². The third-order valence-corrected chi connectivity index (χ3v) is 0.612. The molecule has 0 unspecified atom stereocenters. The molecule has 5 nitrogen and oxygen atoms in total. The first-order valence-electron chi connectivity index (χ1n) is 2.26. The van der Waals surface area contributed by atoms with Gasteiger partial charge in [-0.1, -0.05) is 0 Å². The Labute approximate surface area is 74.7 Å². The van der Waals surface area contributed by atoms with Gasteiger partial charge in [0.05, 0.1) is 7.11 Å². The van der Waals surface area contributed by atoms with Crippen LogP contribution in [0.1, 0.15) is 0 Å². The molecule has 0 spiro atoms.